The van der Waals surface area contributed by atoms with Crippen molar-refractivity contribution < 1.29 is 14.3 Å². The summed E-state index contributed by atoms with van der Waals surface area (Å²) < 4.78 is 6.06. The summed E-state index contributed by atoms with van der Waals surface area (Å²) in [5.41, 5.74) is -0.173. The normalized spacial score (nSPS) is 12.7. The zero-order valence-corrected chi connectivity index (χ0v) is 14.7. The minimum Gasteiger partial charge on any atom is -0.458 e. The van der Waals surface area contributed by atoms with Crippen LogP contribution in [-0.4, -0.2) is 23.5 Å². The van der Waals surface area contributed by atoms with E-state index >= 15 is 0 Å². The first-order chi connectivity index (χ1) is 9.10. The molecule has 0 fully saturated rings. The summed E-state index contributed by atoms with van der Waals surface area (Å²) in [4.78, 5) is 23.8. The molecule has 0 heterocycles. The molecule has 1 N–H and O–H groups in total. The van der Waals surface area contributed by atoms with Crippen molar-refractivity contribution in [3.05, 3.63) is 32.4 Å². The third kappa shape index (κ3) is 5.28. The maximum Gasteiger partial charge on any atom is 0.328 e. The van der Waals surface area contributed by atoms with Crippen LogP contribution in [0.25, 0.3) is 0 Å². The minimum absolute atomic E-state index is 0.360. The lowest BCUT2D eigenvalue weighted by atomic mass is 10.2. The van der Waals surface area contributed by atoms with Crippen molar-refractivity contribution in [3.8, 4) is 0 Å². The first-order valence-electron chi connectivity index (χ1n) is 6.09. The zero-order valence-electron chi connectivity index (χ0n) is 11.8. The van der Waals surface area contributed by atoms with Gasteiger partial charge < -0.3 is 10.1 Å². The molecule has 1 amide bonds. The van der Waals surface area contributed by atoms with Crippen molar-refractivity contribution in [2.24, 2.45) is 0 Å². The van der Waals surface area contributed by atoms with Gasteiger partial charge >= 0.3 is 5.97 Å². The second-order valence-electron chi connectivity index (χ2n) is 5.36. The van der Waals surface area contributed by atoms with Gasteiger partial charge in [0.2, 0.25) is 0 Å². The fourth-order valence-electron chi connectivity index (χ4n) is 1.37. The van der Waals surface area contributed by atoms with Crippen LogP contribution in [0.1, 0.15) is 38.1 Å². The Balaban J connectivity index is 2.70. The third-order valence-corrected chi connectivity index (χ3v) is 3.86. The standard InChI is InChI=1S/C14H17ClINO3/c1-8(13(19)20-14(2,3)4)17-12(18)9-5-6-11(16)10(15)7-9/h5-8H,1-4H3,(H,17,18)/t8-/m1/s1. The van der Waals surface area contributed by atoms with Gasteiger partial charge in [0.05, 0.1) is 5.02 Å². The molecule has 0 aliphatic carbocycles. The SMILES string of the molecule is C[C@@H](NC(=O)c1ccc(I)c(Cl)c1)C(=O)OC(C)(C)C. The molecule has 110 valence electrons. The molecule has 1 aromatic rings. The fourth-order valence-corrected chi connectivity index (χ4v) is 1.88. The Morgan fingerprint density at radius 1 is 1.35 bits per heavy atom. The number of ether oxygens (including phenoxy) is 1. The van der Waals surface area contributed by atoms with Crippen molar-refractivity contribution in [1.29, 1.82) is 0 Å². The second kappa shape index (κ2) is 6.76. The first kappa shape index (κ1) is 17.2. The van der Waals surface area contributed by atoms with Gasteiger partial charge in [0.25, 0.3) is 5.91 Å². The van der Waals surface area contributed by atoms with Crippen molar-refractivity contribution in [1.82, 2.24) is 5.32 Å². The molecule has 0 aliphatic heterocycles. The predicted molar refractivity (Wildman–Crippen MR) is 86.9 cm³/mol. The van der Waals surface area contributed by atoms with E-state index in [9.17, 15) is 9.59 Å². The van der Waals surface area contributed by atoms with Crippen LogP contribution < -0.4 is 5.32 Å². The van der Waals surface area contributed by atoms with Crippen molar-refractivity contribution in [2.45, 2.75) is 39.3 Å². The van der Waals surface area contributed by atoms with Crippen molar-refractivity contribution in [2.75, 3.05) is 0 Å². The smallest absolute Gasteiger partial charge is 0.328 e. The summed E-state index contributed by atoms with van der Waals surface area (Å²) in [5, 5.41) is 3.09. The number of carbonyl (C=O) groups excluding carboxylic acids is 2. The van der Waals surface area contributed by atoms with Crippen LogP contribution in [-0.2, 0) is 9.53 Å². The van der Waals surface area contributed by atoms with Crippen molar-refractivity contribution in [3.63, 3.8) is 0 Å². The largest absolute Gasteiger partial charge is 0.458 e. The van der Waals surface area contributed by atoms with Gasteiger partial charge in [-0.05, 0) is 68.5 Å². The van der Waals surface area contributed by atoms with E-state index in [4.69, 9.17) is 16.3 Å². The van der Waals surface area contributed by atoms with Crippen LogP contribution in [0, 0.1) is 3.57 Å². The molecule has 1 aromatic carbocycles. The van der Waals surface area contributed by atoms with Gasteiger partial charge in [-0.15, -0.1) is 0 Å². The highest BCUT2D eigenvalue weighted by Gasteiger charge is 2.23. The lowest BCUT2D eigenvalue weighted by Crippen LogP contribution is -2.42. The number of hydrogen-bond acceptors (Lipinski definition) is 3. The highest BCUT2D eigenvalue weighted by Crippen LogP contribution is 2.19. The van der Waals surface area contributed by atoms with Crippen LogP contribution in [0.5, 0.6) is 0 Å². The predicted octanol–water partition coefficient (Wildman–Crippen LogP) is 3.40. The average Bonchev–Trinajstić information content (AvgIpc) is 2.30. The molecule has 0 aliphatic rings. The molecule has 1 atom stereocenters. The Morgan fingerprint density at radius 2 is 1.95 bits per heavy atom. The van der Waals surface area contributed by atoms with Gasteiger partial charge in [-0.3, -0.25) is 4.79 Å². The van der Waals surface area contributed by atoms with Gasteiger partial charge in [-0.1, -0.05) is 11.6 Å². The number of nitrogens with one attached hydrogen (secondary N) is 1. The fraction of sp³-hybridized carbons (Fsp3) is 0.429. The topological polar surface area (TPSA) is 55.4 Å². The Morgan fingerprint density at radius 3 is 2.45 bits per heavy atom. The van der Waals surface area contributed by atoms with E-state index in [2.05, 4.69) is 27.9 Å². The molecule has 0 spiro atoms. The summed E-state index contributed by atoms with van der Waals surface area (Å²) in [5.74, 6) is -0.830. The number of amides is 1. The number of halogens is 2. The molecular weight excluding hydrogens is 393 g/mol. The maximum atomic E-state index is 12.0. The molecule has 6 heteroatoms. The summed E-state index contributed by atoms with van der Waals surface area (Å²) in [6.07, 6.45) is 0. The third-order valence-electron chi connectivity index (χ3n) is 2.29. The summed E-state index contributed by atoms with van der Waals surface area (Å²) in [7, 11) is 0. The zero-order chi connectivity index (χ0) is 15.5. The molecule has 0 saturated carbocycles. The van der Waals surface area contributed by atoms with E-state index in [0.717, 1.165) is 3.57 Å². The molecule has 0 bridgehead atoms. The first-order valence-corrected chi connectivity index (χ1v) is 7.54. The summed E-state index contributed by atoms with van der Waals surface area (Å²) in [6.45, 7) is 6.91. The number of hydrogen-bond donors (Lipinski definition) is 1. The Bertz CT molecular complexity index is 526. The molecule has 20 heavy (non-hydrogen) atoms. The highest BCUT2D eigenvalue weighted by molar-refractivity contribution is 14.1. The van der Waals surface area contributed by atoms with E-state index in [1.807, 2.05) is 0 Å². The Kier molecular flexibility index (Phi) is 5.82. The summed E-state index contributed by atoms with van der Waals surface area (Å²) in [6, 6.07) is 4.25. The number of carbonyl (C=O) groups is 2. The van der Waals surface area contributed by atoms with E-state index < -0.39 is 17.6 Å². The number of rotatable bonds is 3. The molecule has 0 saturated heterocycles. The monoisotopic (exact) mass is 409 g/mol. The van der Waals surface area contributed by atoms with Gasteiger partial charge in [0.15, 0.2) is 0 Å². The van der Waals surface area contributed by atoms with E-state index in [1.165, 1.54) is 0 Å². The van der Waals surface area contributed by atoms with Crippen LogP contribution in [0.4, 0.5) is 0 Å². The number of benzene rings is 1. The van der Waals surface area contributed by atoms with Gasteiger partial charge in [-0.25, -0.2) is 4.79 Å². The van der Waals surface area contributed by atoms with Crippen molar-refractivity contribution >= 4 is 46.1 Å². The van der Waals surface area contributed by atoms with Crippen LogP contribution >= 0.6 is 34.2 Å². The van der Waals surface area contributed by atoms with Gasteiger partial charge in [0, 0.05) is 9.13 Å². The average molecular weight is 410 g/mol. The minimum atomic E-state index is -0.722. The Labute approximate surface area is 137 Å². The lowest BCUT2D eigenvalue weighted by Gasteiger charge is -2.22. The lowest BCUT2D eigenvalue weighted by molar-refractivity contribution is -0.156. The molecule has 0 radical (unpaired) electrons. The summed E-state index contributed by atoms with van der Waals surface area (Å²) >= 11 is 8.04. The molecular formula is C14H17ClINO3. The molecule has 0 aromatic heterocycles. The van der Waals surface area contributed by atoms with Crippen LogP contribution in [0.2, 0.25) is 5.02 Å². The maximum absolute atomic E-state index is 12.0. The van der Waals surface area contributed by atoms with Crippen LogP contribution in [0.3, 0.4) is 0 Å². The van der Waals surface area contributed by atoms with Gasteiger partial charge in [0.1, 0.15) is 11.6 Å². The van der Waals surface area contributed by atoms with Gasteiger partial charge in [-0.2, -0.15) is 0 Å². The van der Waals surface area contributed by atoms with E-state index in [0.29, 0.717) is 10.6 Å². The molecule has 4 nitrogen and oxygen atoms in total. The van der Waals surface area contributed by atoms with Crippen LogP contribution in [0.15, 0.2) is 18.2 Å². The van der Waals surface area contributed by atoms with E-state index in [-0.39, 0.29) is 5.91 Å². The quantitative estimate of drug-likeness (QED) is 0.615. The molecule has 0 unspecified atom stereocenters. The highest BCUT2D eigenvalue weighted by atomic mass is 127. The number of esters is 1. The molecule has 1 rings (SSSR count). The van der Waals surface area contributed by atoms with E-state index in [1.54, 1.807) is 45.9 Å². The second-order valence-corrected chi connectivity index (χ2v) is 6.93. The Hall–Kier alpha value is -0.820.